The van der Waals surface area contributed by atoms with Crippen LogP contribution in [0, 0.1) is 34.5 Å². The van der Waals surface area contributed by atoms with E-state index in [-0.39, 0.29) is 16.7 Å². The van der Waals surface area contributed by atoms with Gasteiger partial charge in [-0.25, -0.2) is 0 Å². The maximum atomic E-state index is 12.3. The average molecular weight is 423 g/mol. The first-order chi connectivity index (χ1) is 14.8. The number of carbonyl (C=O) groups excluding carboxylic acids is 1. The van der Waals surface area contributed by atoms with Gasteiger partial charge >= 0.3 is 0 Å². The quantitative estimate of drug-likeness (QED) is 0.474. The number of rotatable bonds is 4. The van der Waals surface area contributed by atoms with Crippen molar-refractivity contribution in [2.45, 2.75) is 84.5 Å². The molecule has 0 bridgehead atoms. The predicted molar refractivity (Wildman–Crippen MR) is 122 cm³/mol. The van der Waals surface area contributed by atoms with Crippen molar-refractivity contribution in [1.29, 1.82) is 0 Å². The number of hydrogen-bond acceptors (Lipinski definition) is 3. The van der Waals surface area contributed by atoms with E-state index in [1.807, 2.05) is 25.1 Å². The molecule has 3 fully saturated rings. The van der Waals surface area contributed by atoms with Gasteiger partial charge in [0.1, 0.15) is 5.78 Å². The van der Waals surface area contributed by atoms with Crippen LogP contribution in [0.5, 0.6) is 0 Å². The van der Waals surface area contributed by atoms with E-state index in [9.17, 15) is 9.90 Å². The zero-order chi connectivity index (χ0) is 21.9. The first-order valence-electron chi connectivity index (χ1n) is 12.4. The summed E-state index contributed by atoms with van der Waals surface area (Å²) in [6.45, 7) is 7.13. The zero-order valence-corrected chi connectivity index (χ0v) is 19.4. The van der Waals surface area contributed by atoms with Crippen molar-refractivity contribution >= 4 is 5.78 Å². The van der Waals surface area contributed by atoms with Gasteiger partial charge in [-0.05, 0) is 79.6 Å². The predicted octanol–water partition coefficient (Wildman–Crippen LogP) is 6.06. The number of ether oxygens (including phenoxy) is 1. The minimum Gasteiger partial charge on any atom is -0.365 e. The third-order valence-electron chi connectivity index (χ3n) is 9.97. The van der Waals surface area contributed by atoms with Crippen LogP contribution in [0.1, 0.15) is 77.7 Å². The normalized spacial score (nSPS) is 44.1. The fraction of sp³-hybridized carbons (Fsp3) is 0.679. The SMILES string of the molecule is CC(=O)[C@H]1CC[C@H]2[C@@H]3CC=C4CC(O)(OCc5ccccc5)CC[C@]4(C)[C@H]3CC[C@]12C. The Morgan fingerprint density at radius 2 is 1.84 bits per heavy atom. The topological polar surface area (TPSA) is 46.5 Å². The Morgan fingerprint density at radius 1 is 1.06 bits per heavy atom. The van der Waals surface area contributed by atoms with Gasteiger partial charge in [0.25, 0.3) is 0 Å². The molecule has 168 valence electrons. The molecule has 3 saturated carbocycles. The second-order valence-electron chi connectivity index (χ2n) is 11.4. The summed E-state index contributed by atoms with van der Waals surface area (Å²) in [6, 6.07) is 10.1. The van der Waals surface area contributed by atoms with Gasteiger partial charge in [-0.3, -0.25) is 4.79 Å². The highest BCUT2D eigenvalue weighted by Gasteiger charge is 2.60. The lowest BCUT2D eigenvalue weighted by Crippen LogP contribution is -2.52. The molecule has 7 atom stereocenters. The molecule has 0 amide bonds. The zero-order valence-electron chi connectivity index (χ0n) is 19.4. The molecule has 4 aliphatic carbocycles. The van der Waals surface area contributed by atoms with E-state index in [2.05, 4.69) is 32.1 Å². The van der Waals surface area contributed by atoms with E-state index in [1.165, 1.54) is 24.8 Å². The van der Waals surface area contributed by atoms with Gasteiger partial charge in [0.05, 0.1) is 6.61 Å². The third kappa shape index (κ3) is 3.43. The molecule has 0 saturated heterocycles. The van der Waals surface area contributed by atoms with Gasteiger partial charge in [-0.15, -0.1) is 0 Å². The van der Waals surface area contributed by atoms with Crippen molar-refractivity contribution in [3.8, 4) is 0 Å². The highest BCUT2D eigenvalue weighted by atomic mass is 16.6. The first-order valence-corrected chi connectivity index (χ1v) is 12.4. The van der Waals surface area contributed by atoms with E-state index in [0.717, 1.165) is 24.8 Å². The minimum absolute atomic E-state index is 0.168. The summed E-state index contributed by atoms with van der Waals surface area (Å²) in [5.41, 5.74) is 2.89. The van der Waals surface area contributed by atoms with Crippen molar-refractivity contribution in [2.75, 3.05) is 0 Å². The molecule has 0 radical (unpaired) electrons. The lowest BCUT2D eigenvalue weighted by molar-refractivity contribution is -0.231. The third-order valence-corrected chi connectivity index (χ3v) is 9.97. The summed E-state index contributed by atoms with van der Waals surface area (Å²) >= 11 is 0. The Balaban J connectivity index is 1.34. The van der Waals surface area contributed by atoms with Gasteiger partial charge in [0.2, 0.25) is 0 Å². The average Bonchev–Trinajstić information content (AvgIpc) is 3.11. The number of Topliss-reactive ketones (excluding diaryl/α,β-unsaturated/α-hetero) is 1. The Morgan fingerprint density at radius 3 is 2.58 bits per heavy atom. The van der Waals surface area contributed by atoms with Crippen LogP contribution >= 0.6 is 0 Å². The lowest BCUT2D eigenvalue weighted by atomic mass is 9.47. The molecule has 1 unspecified atom stereocenters. The monoisotopic (exact) mass is 422 g/mol. The molecule has 0 aromatic heterocycles. The Bertz CT molecular complexity index is 876. The second kappa shape index (κ2) is 7.56. The van der Waals surface area contributed by atoms with Crippen LogP contribution in [0.3, 0.4) is 0 Å². The standard InChI is InChI=1S/C28H38O3/c1-19(29)23-11-12-24-22-10-9-21-17-28(30,31-18-20-7-5-4-6-8-20)16-15-26(21,2)25(22)13-14-27(23,24)3/h4-9,22-25,30H,10-18H2,1-3H3/t22-,23+,24-,25-,26-,27+,28?/m0/s1. The molecule has 0 aliphatic heterocycles. The molecule has 0 heterocycles. The fourth-order valence-electron chi connectivity index (χ4n) is 8.20. The largest absolute Gasteiger partial charge is 0.365 e. The lowest BCUT2D eigenvalue weighted by Gasteiger charge is -2.58. The number of aliphatic hydroxyl groups is 1. The summed E-state index contributed by atoms with van der Waals surface area (Å²) in [4.78, 5) is 12.3. The van der Waals surface area contributed by atoms with Crippen molar-refractivity contribution in [1.82, 2.24) is 0 Å². The van der Waals surface area contributed by atoms with E-state index in [1.54, 1.807) is 0 Å². The van der Waals surface area contributed by atoms with E-state index < -0.39 is 5.79 Å². The fourth-order valence-corrected chi connectivity index (χ4v) is 8.20. The van der Waals surface area contributed by atoms with E-state index >= 15 is 0 Å². The molecule has 1 aromatic carbocycles. The highest BCUT2D eigenvalue weighted by molar-refractivity contribution is 5.79. The second-order valence-corrected chi connectivity index (χ2v) is 11.4. The molecule has 3 nitrogen and oxygen atoms in total. The van der Waals surface area contributed by atoms with Crippen molar-refractivity contribution < 1.29 is 14.6 Å². The smallest absolute Gasteiger partial charge is 0.169 e. The number of ketones is 1. The van der Waals surface area contributed by atoms with Gasteiger partial charge in [0, 0.05) is 18.8 Å². The maximum absolute atomic E-state index is 12.3. The molecule has 1 N–H and O–H groups in total. The minimum atomic E-state index is -1.05. The molecule has 1 aromatic rings. The van der Waals surface area contributed by atoms with Gasteiger partial charge < -0.3 is 9.84 Å². The highest BCUT2D eigenvalue weighted by Crippen LogP contribution is 2.66. The molecule has 0 spiro atoms. The van der Waals surface area contributed by atoms with Crippen molar-refractivity contribution in [2.24, 2.45) is 34.5 Å². The summed E-state index contributed by atoms with van der Waals surface area (Å²) in [5.74, 6) is 1.65. The number of carbonyl (C=O) groups is 1. The van der Waals surface area contributed by atoms with Crippen molar-refractivity contribution in [3.05, 3.63) is 47.5 Å². The molecule has 5 rings (SSSR count). The number of allylic oxidation sites excluding steroid dienone is 1. The summed E-state index contributed by atoms with van der Waals surface area (Å²) in [7, 11) is 0. The van der Waals surface area contributed by atoms with E-state index in [0.29, 0.717) is 43.0 Å². The molecule has 3 heteroatoms. The Kier molecular flexibility index (Phi) is 5.22. The van der Waals surface area contributed by atoms with Crippen molar-refractivity contribution in [3.63, 3.8) is 0 Å². The Hall–Kier alpha value is -1.45. The van der Waals surface area contributed by atoms with Crippen LogP contribution in [-0.2, 0) is 16.1 Å². The molecular formula is C28H38O3. The first kappa shape index (κ1) is 21.4. The number of benzene rings is 1. The molecule has 31 heavy (non-hydrogen) atoms. The number of fused-ring (bicyclic) bond motifs is 5. The molecule has 4 aliphatic rings. The van der Waals surface area contributed by atoms with Gasteiger partial charge in [-0.1, -0.05) is 55.8 Å². The van der Waals surface area contributed by atoms with Crippen LogP contribution in [0.15, 0.2) is 42.0 Å². The van der Waals surface area contributed by atoms with Crippen LogP contribution < -0.4 is 0 Å². The summed E-state index contributed by atoms with van der Waals surface area (Å²) in [5, 5.41) is 11.3. The summed E-state index contributed by atoms with van der Waals surface area (Å²) in [6.07, 6.45) is 10.6. The number of hydrogen-bond donors (Lipinski definition) is 1. The van der Waals surface area contributed by atoms with E-state index in [4.69, 9.17) is 4.74 Å². The maximum Gasteiger partial charge on any atom is 0.169 e. The summed E-state index contributed by atoms with van der Waals surface area (Å²) < 4.78 is 6.09. The molecular weight excluding hydrogens is 384 g/mol. The Labute approximate surface area is 187 Å². The van der Waals surface area contributed by atoms with Gasteiger partial charge in [-0.2, -0.15) is 0 Å². The van der Waals surface area contributed by atoms with Crippen LogP contribution in [0.25, 0.3) is 0 Å². The van der Waals surface area contributed by atoms with Crippen LogP contribution in [0.2, 0.25) is 0 Å². The van der Waals surface area contributed by atoms with Crippen LogP contribution in [-0.4, -0.2) is 16.7 Å². The van der Waals surface area contributed by atoms with Crippen LogP contribution in [0.4, 0.5) is 0 Å². The van der Waals surface area contributed by atoms with Gasteiger partial charge in [0.15, 0.2) is 5.79 Å².